The van der Waals surface area contributed by atoms with Crippen LogP contribution in [0.5, 0.6) is 0 Å². The summed E-state index contributed by atoms with van der Waals surface area (Å²) >= 11 is 0. The quantitative estimate of drug-likeness (QED) is 0.897. The number of hydrogen-bond acceptors (Lipinski definition) is 4. The lowest BCUT2D eigenvalue weighted by molar-refractivity contribution is 0.0704. The topological polar surface area (TPSA) is 63.1 Å². The second-order valence-electron chi connectivity index (χ2n) is 8.48. The van der Waals surface area contributed by atoms with Gasteiger partial charge in [0.1, 0.15) is 0 Å². The number of likely N-dealkylation sites (tertiary alicyclic amines) is 1. The Balaban J connectivity index is 1.45. The van der Waals surface area contributed by atoms with Gasteiger partial charge in [-0.25, -0.2) is 4.68 Å². The van der Waals surface area contributed by atoms with Crippen molar-refractivity contribution in [3.05, 3.63) is 11.4 Å². The first-order valence-electron chi connectivity index (χ1n) is 10.7. The molecule has 6 heteroatoms. The van der Waals surface area contributed by atoms with E-state index in [-0.39, 0.29) is 5.91 Å². The Bertz CT molecular complexity index is 616. The van der Waals surface area contributed by atoms with Gasteiger partial charge < -0.3 is 10.2 Å². The van der Waals surface area contributed by atoms with Crippen molar-refractivity contribution in [1.82, 2.24) is 25.2 Å². The van der Waals surface area contributed by atoms with Crippen LogP contribution in [0.15, 0.2) is 0 Å². The second kappa shape index (κ2) is 8.07. The molecule has 2 saturated heterocycles. The summed E-state index contributed by atoms with van der Waals surface area (Å²) in [4.78, 5) is 15.3. The van der Waals surface area contributed by atoms with Crippen LogP contribution in [-0.4, -0.2) is 51.5 Å². The molecule has 0 spiro atoms. The molecule has 2 aliphatic heterocycles. The van der Waals surface area contributed by atoms with E-state index in [4.69, 9.17) is 0 Å². The Hall–Kier alpha value is -1.43. The van der Waals surface area contributed by atoms with Crippen LogP contribution in [-0.2, 0) is 0 Å². The van der Waals surface area contributed by atoms with Crippen LogP contribution in [0.25, 0.3) is 0 Å². The first-order valence-corrected chi connectivity index (χ1v) is 10.7. The normalized spacial score (nSPS) is 25.7. The van der Waals surface area contributed by atoms with E-state index in [1.54, 1.807) is 0 Å². The second-order valence-corrected chi connectivity index (χ2v) is 8.48. The maximum atomic E-state index is 13.2. The van der Waals surface area contributed by atoms with E-state index in [1.807, 2.05) is 11.6 Å². The van der Waals surface area contributed by atoms with E-state index in [0.29, 0.717) is 17.8 Å². The molecular weight excluding hydrogens is 326 g/mol. The van der Waals surface area contributed by atoms with Crippen LogP contribution in [0, 0.1) is 12.8 Å². The predicted molar refractivity (Wildman–Crippen MR) is 101 cm³/mol. The highest BCUT2D eigenvalue weighted by Gasteiger charge is 2.34. The highest BCUT2D eigenvalue weighted by Crippen LogP contribution is 2.33. The van der Waals surface area contributed by atoms with Crippen molar-refractivity contribution in [3.8, 4) is 0 Å². The van der Waals surface area contributed by atoms with Gasteiger partial charge in [-0.2, -0.15) is 0 Å². The third-order valence-corrected chi connectivity index (χ3v) is 6.75. The van der Waals surface area contributed by atoms with Crippen molar-refractivity contribution < 1.29 is 4.79 Å². The lowest BCUT2D eigenvalue weighted by Gasteiger charge is -2.30. The standard InChI is InChI=1S/C20H33N5O/c1-15-19(22-23-25(15)17-9-11-21-12-10-17)20(26)24-13-5-8-18(24)14-16-6-3-2-4-7-16/h16-18,21H,2-14H2,1H3/t18-/m0/s1. The largest absolute Gasteiger partial charge is 0.334 e. The Kier molecular flexibility index (Phi) is 5.57. The minimum absolute atomic E-state index is 0.112. The number of hydrogen-bond donors (Lipinski definition) is 1. The van der Waals surface area contributed by atoms with Gasteiger partial charge in [0.05, 0.1) is 11.7 Å². The van der Waals surface area contributed by atoms with Crippen LogP contribution in [0.3, 0.4) is 0 Å². The summed E-state index contributed by atoms with van der Waals surface area (Å²) in [6, 6.07) is 0.788. The highest BCUT2D eigenvalue weighted by molar-refractivity contribution is 5.93. The summed E-state index contributed by atoms with van der Waals surface area (Å²) in [5, 5.41) is 12.1. The first kappa shape index (κ1) is 18.0. The number of piperidine rings is 1. The van der Waals surface area contributed by atoms with Crippen LogP contribution in [0.2, 0.25) is 0 Å². The molecule has 1 aliphatic carbocycles. The number of carbonyl (C=O) groups excluding carboxylic acids is 1. The monoisotopic (exact) mass is 359 g/mol. The Morgan fingerprint density at radius 1 is 1.08 bits per heavy atom. The molecule has 0 unspecified atom stereocenters. The van der Waals surface area contributed by atoms with E-state index < -0.39 is 0 Å². The lowest BCUT2D eigenvalue weighted by atomic mass is 9.84. The Morgan fingerprint density at radius 3 is 2.62 bits per heavy atom. The van der Waals surface area contributed by atoms with Crippen molar-refractivity contribution in [2.45, 2.75) is 83.2 Å². The van der Waals surface area contributed by atoms with Gasteiger partial charge in [0.2, 0.25) is 0 Å². The van der Waals surface area contributed by atoms with Gasteiger partial charge >= 0.3 is 0 Å². The SMILES string of the molecule is Cc1c(C(=O)N2CCC[C@H]2CC2CCCCC2)nnn1C1CCNCC1. The van der Waals surface area contributed by atoms with Gasteiger partial charge in [-0.05, 0) is 58.0 Å². The van der Waals surface area contributed by atoms with E-state index in [1.165, 1.54) is 38.5 Å². The first-order chi connectivity index (χ1) is 12.7. The molecule has 1 aromatic heterocycles. The predicted octanol–water partition coefficient (Wildman–Crippen LogP) is 3.09. The summed E-state index contributed by atoms with van der Waals surface area (Å²) in [5.41, 5.74) is 1.53. The molecule has 0 bridgehead atoms. The average Bonchev–Trinajstić information content (AvgIpc) is 3.29. The molecule has 6 nitrogen and oxygen atoms in total. The zero-order chi connectivity index (χ0) is 17.9. The Labute approximate surface area is 156 Å². The zero-order valence-corrected chi connectivity index (χ0v) is 16.1. The maximum absolute atomic E-state index is 13.2. The minimum Gasteiger partial charge on any atom is -0.334 e. The lowest BCUT2D eigenvalue weighted by Crippen LogP contribution is -2.37. The molecular formula is C20H33N5O. The average molecular weight is 360 g/mol. The Morgan fingerprint density at radius 2 is 1.85 bits per heavy atom. The molecule has 26 heavy (non-hydrogen) atoms. The van der Waals surface area contributed by atoms with Crippen LogP contribution in [0.4, 0.5) is 0 Å². The fourth-order valence-corrected chi connectivity index (χ4v) is 5.23. The number of rotatable bonds is 4. The number of nitrogens with one attached hydrogen (secondary N) is 1. The van der Waals surface area contributed by atoms with Crippen molar-refractivity contribution in [1.29, 1.82) is 0 Å². The fraction of sp³-hybridized carbons (Fsp3) is 0.850. The van der Waals surface area contributed by atoms with Gasteiger partial charge in [-0.1, -0.05) is 37.3 Å². The summed E-state index contributed by atoms with van der Waals surface area (Å²) in [5.74, 6) is 0.926. The number of carbonyl (C=O) groups is 1. The third-order valence-electron chi connectivity index (χ3n) is 6.75. The van der Waals surface area contributed by atoms with Crippen molar-refractivity contribution >= 4 is 5.91 Å². The van der Waals surface area contributed by atoms with E-state index in [9.17, 15) is 4.79 Å². The van der Waals surface area contributed by atoms with Gasteiger partial charge in [-0.3, -0.25) is 4.79 Å². The van der Waals surface area contributed by atoms with Crippen LogP contribution < -0.4 is 5.32 Å². The molecule has 144 valence electrons. The molecule has 1 aromatic rings. The van der Waals surface area contributed by atoms with Crippen LogP contribution in [0.1, 0.15) is 86.4 Å². The van der Waals surface area contributed by atoms with E-state index in [2.05, 4.69) is 20.5 Å². The number of aromatic nitrogens is 3. The van der Waals surface area contributed by atoms with Crippen molar-refractivity contribution in [2.75, 3.05) is 19.6 Å². The van der Waals surface area contributed by atoms with Crippen molar-refractivity contribution in [3.63, 3.8) is 0 Å². The van der Waals surface area contributed by atoms with E-state index >= 15 is 0 Å². The van der Waals surface area contributed by atoms with E-state index in [0.717, 1.165) is 56.9 Å². The molecule has 3 aliphatic rings. The molecule has 1 amide bonds. The fourth-order valence-electron chi connectivity index (χ4n) is 5.23. The summed E-state index contributed by atoms with van der Waals surface area (Å²) in [6.07, 6.45) is 12.4. The molecule has 1 atom stereocenters. The van der Waals surface area contributed by atoms with Gasteiger partial charge in [0.15, 0.2) is 5.69 Å². The molecule has 0 aromatic carbocycles. The summed E-state index contributed by atoms with van der Waals surface area (Å²) in [6.45, 7) is 4.93. The molecule has 4 rings (SSSR count). The molecule has 1 N–H and O–H groups in total. The van der Waals surface area contributed by atoms with Gasteiger partial charge in [0.25, 0.3) is 5.91 Å². The maximum Gasteiger partial charge on any atom is 0.276 e. The van der Waals surface area contributed by atoms with Crippen LogP contribution >= 0.6 is 0 Å². The zero-order valence-electron chi connectivity index (χ0n) is 16.1. The molecule has 3 fully saturated rings. The smallest absolute Gasteiger partial charge is 0.276 e. The van der Waals surface area contributed by atoms with Gasteiger partial charge in [-0.15, -0.1) is 5.10 Å². The molecule has 0 radical (unpaired) electrons. The van der Waals surface area contributed by atoms with Gasteiger partial charge in [0, 0.05) is 12.6 Å². The summed E-state index contributed by atoms with van der Waals surface area (Å²) in [7, 11) is 0. The number of nitrogens with zero attached hydrogens (tertiary/aromatic N) is 4. The summed E-state index contributed by atoms with van der Waals surface area (Å²) < 4.78 is 2.00. The minimum atomic E-state index is 0.112. The number of amides is 1. The molecule has 3 heterocycles. The van der Waals surface area contributed by atoms with Crippen molar-refractivity contribution in [2.24, 2.45) is 5.92 Å². The molecule has 1 saturated carbocycles. The third kappa shape index (κ3) is 3.66. The highest BCUT2D eigenvalue weighted by atomic mass is 16.2.